The van der Waals surface area contributed by atoms with Gasteiger partial charge in [-0.2, -0.15) is 0 Å². The summed E-state index contributed by atoms with van der Waals surface area (Å²) in [6.45, 7) is 0.345. The molecular weight excluding hydrogens is 392 g/mol. The van der Waals surface area contributed by atoms with E-state index in [1.807, 2.05) is 66.7 Å². The van der Waals surface area contributed by atoms with Crippen LogP contribution in [0.15, 0.2) is 83.4 Å². The van der Waals surface area contributed by atoms with Gasteiger partial charge in [0.2, 0.25) is 5.89 Å². The van der Waals surface area contributed by atoms with Crippen molar-refractivity contribution in [2.24, 2.45) is 0 Å². The third kappa shape index (κ3) is 4.43. The van der Waals surface area contributed by atoms with Crippen molar-refractivity contribution in [1.29, 1.82) is 0 Å². The van der Waals surface area contributed by atoms with Gasteiger partial charge in [0.1, 0.15) is 11.5 Å². The Morgan fingerprint density at radius 1 is 0.968 bits per heavy atom. The van der Waals surface area contributed by atoms with Gasteiger partial charge in [-0.1, -0.05) is 42.5 Å². The van der Waals surface area contributed by atoms with Gasteiger partial charge in [-0.15, -0.1) is 0 Å². The van der Waals surface area contributed by atoms with Gasteiger partial charge in [-0.3, -0.25) is 4.79 Å². The summed E-state index contributed by atoms with van der Waals surface area (Å²) in [5.41, 5.74) is 2.84. The van der Waals surface area contributed by atoms with Crippen molar-refractivity contribution in [1.82, 2.24) is 10.3 Å². The summed E-state index contributed by atoms with van der Waals surface area (Å²) in [5.74, 6) is 2.21. The number of amides is 1. The van der Waals surface area contributed by atoms with Gasteiger partial charge < -0.3 is 19.2 Å². The Labute approximate surface area is 180 Å². The van der Waals surface area contributed by atoms with Gasteiger partial charge in [0.05, 0.1) is 26.0 Å². The number of hydrogen-bond acceptors (Lipinski definition) is 5. The van der Waals surface area contributed by atoms with Crippen LogP contribution in [0.4, 0.5) is 0 Å². The maximum Gasteiger partial charge on any atom is 0.252 e. The van der Waals surface area contributed by atoms with E-state index in [1.54, 1.807) is 26.5 Å². The fourth-order valence-electron chi connectivity index (χ4n) is 3.30. The number of para-hydroxylation sites is 1. The maximum atomic E-state index is 12.9. The number of nitrogens with one attached hydrogen (secondary N) is 1. The van der Waals surface area contributed by atoms with Gasteiger partial charge in [-0.05, 0) is 30.3 Å². The van der Waals surface area contributed by atoms with Crippen LogP contribution in [0.25, 0.3) is 22.8 Å². The van der Waals surface area contributed by atoms with E-state index in [1.165, 1.54) is 0 Å². The number of benzene rings is 3. The number of ether oxygens (including phenoxy) is 2. The molecule has 0 saturated heterocycles. The van der Waals surface area contributed by atoms with Crippen LogP contribution in [0, 0.1) is 0 Å². The lowest BCUT2D eigenvalue weighted by Crippen LogP contribution is -2.23. The molecule has 0 aliphatic rings. The van der Waals surface area contributed by atoms with Crippen molar-refractivity contribution in [2.75, 3.05) is 14.2 Å². The fraction of sp³-hybridized carbons (Fsp3) is 0.120. The predicted molar refractivity (Wildman–Crippen MR) is 118 cm³/mol. The zero-order valence-electron chi connectivity index (χ0n) is 17.3. The summed E-state index contributed by atoms with van der Waals surface area (Å²) in [4.78, 5) is 17.3. The Hall–Kier alpha value is -4.06. The number of carbonyl (C=O) groups excluding carboxylic acids is 1. The molecule has 1 aromatic heterocycles. The van der Waals surface area contributed by atoms with Gasteiger partial charge in [-0.25, -0.2) is 4.98 Å². The molecule has 1 amide bonds. The van der Waals surface area contributed by atoms with E-state index in [4.69, 9.17) is 13.9 Å². The molecule has 0 atom stereocenters. The molecule has 0 saturated carbocycles. The number of nitrogens with zero attached hydrogens (tertiary/aromatic N) is 1. The van der Waals surface area contributed by atoms with E-state index < -0.39 is 0 Å². The number of oxazole rings is 1. The van der Waals surface area contributed by atoms with Crippen LogP contribution in [-0.2, 0) is 6.54 Å². The Morgan fingerprint density at radius 2 is 1.77 bits per heavy atom. The van der Waals surface area contributed by atoms with Crippen molar-refractivity contribution in [2.45, 2.75) is 6.54 Å². The largest absolute Gasteiger partial charge is 0.497 e. The lowest BCUT2D eigenvalue weighted by Gasteiger charge is -2.11. The quantitative estimate of drug-likeness (QED) is 0.463. The molecule has 156 valence electrons. The molecule has 0 unspecified atom stereocenters. The molecule has 6 heteroatoms. The molecule has 1 N–H and O–H groups in total. The molecule has 3 aromatic carbocycles. The summed E-state index contributed by atoms with van der Waals surface area (Å²) in [6.07, 6.45) is 1.65. The monoisotopic (exact) mass is 414 g/mol. The van der Waals surface area contributed by atoms with E-state index in [9.17, 15) is 4.79 Å². The molecule has 6 nitrogen and oxygen atoms in total. The molecule has 0 aliphatic heterocycles. The van der Waals surface area contributed by atoms with Crippen LogP contribution in [0.1, 0.15) is 15.9 Å². The molecule has 4 aromatic rings. The smallest absolute Gasteiger partial charge is 0.252 e. The van der Waals surface area contributed by atoms with Gasteiger partial charge >= 0.3 is 0 Å². The highest BCUT2D eigenvalue weighted by Gasteiger charge is 2.17. The van der Waals surface area contributed by atoms with E-state index in [2.05, 4.69) is 10.3 Å². The molecule has 4 rings (SSSR count). The number of rotatable bonds is 7. The summed E-state index contributed by atoms with van der Waals surface area (Å²) >= 11 is 0. The standard InChI is InChI=1S/C25H22N2O4/c1-29-19-10-7-9-17(14-19)23-16-27-25(31-23)21-12-5-4-11-20(21)24(28)26-15-18-8-3-6-13-22(18)30-2/h3-14,16H,15H2,1-2H3,(H,26,28). The minimum Gasteiger partial charge on any atom is -0.497 e. The van der Waals surface area contributed by atoms with Crippen molar-refractivity contribution in [3.05, 3.63) is 90.1 Å². The number of aromatic nitrogens is 1. The topological polar surface area (TPSA) is 73.6 Å². The van der Waals surface area contributed by atoms with Gasteiger partial charge in [0.25, 0.3) is 5.91 Å². The van der Waals surface area contributed by atoms with Crippen LogP contribution < -0.4 is 14.8 Å². The van der Waals surface area contributed by atoms with Crippen molar-refractivity contribution >= 4 is 5.91 Å². The van der Waals surface area contributed by atoms with Crippen LogP contribution >= 0.6 is 0 Å². The predicted octanol–water partition coefficient (Wildman–Crippen LogP) is 4.96. The van der Waals surface area contributed by atoms with Gasteiger partial charge in [0, 0.05) is 23.2 Å². The van der Waals surface area contributed by atoms with Crippen LogP contribution in [-0.4, -0.2) is 25.1 Å². The molecule has 31 heavy (non-hydrogen) atoms. The van der Waals surface area contributed by atoms with E-state index in [0.29, 0.717) is 29.3 Å². The second-order valence-electron chi connectivity index (χ2n) is 6.80. The summed E-state index contributed by atoms with van der Waals surface area (Å²) in [5, 5.41) is 2.95. The van der Waals surface area contributed by atoms with E-state index >= 15 is 0 Å². The highest BCUT2D eigenvalue weighted by molar-refractivity contribution is 6.00. The fourth-order valence-corrected chi connectivity index (χ4v) is 3.30. The van der Waals surface area contributed by atoms with Crippen molar-refractivity contribution in [3.63, 3.8) is 0 Å². The second-order valence-corrected chi connectivity index (χ2v) is 6.80. The van der Waals surface area contributed by atoms with Crippen molar-refractivity contribution in [3.8, 4) is 34.3 Å². The Morgan fingerprint density at radius 3 is 2.61 bits per heavy atom. The lowest BCUT2D eigenvalue weighted by atomic mass is 10.1. The van der Waals surface area contributed by atoms with Crippen LogP contribution in [0.5, 0.6) is 11.5 Å². The normalized spacial score (nSPS) is 10.5. The molecular formula is C25H22N2O4. The number of hydrogen-bond donors (Lipinski definition) is 1. The lowest BCUT2D eigenvalue weighted by molar-refractivity contribution is 0.0951. The Balaban J connectivity index is 1.57. The molecule has 0 fully saturated rings. The first-order valence-corrected chi connectivity index (χ1v) is 9.79. The number of methoxy groups -OCH3 is 2. The molecule has 0 aliphatic carbocycles. The molecule has 0 bridgehead atoms. The third-order valence-corrected chi connectivity index (χ3v) is 4.89. The van der Waals surface area contributed by atoms with Crippen molar-refractivity contribution < 1.29 is 18.7 Å². The average molecular weight is 414 g/mol. The summed E-state index contributed by atoms with van der Waals surface area (Å²) < 4.78 is 16.6. The van der Waals surface area contributed by atoms with E-state index in [-0.39, 0.29) is 5.91 Å². The minimum absolute atomic E-state index is 0.220. The number of carbonyl (C=O) groups is 1. The summed E-state index contributed by atoms with van der Waals surface area (Å²) in [6, 6.07) is 22.3. The first kappa shape index (κ1) is 20.2. The summed E-state index contributed by atoms with van der Waals surface area (Å²) in [7, 11) is 3.23. The maximum absolute atomic E-state index is 12.9. The SMILES string of the molecule is COc1cccc(-c2cnc(-c3ccccc3C(=O)NCc3ccccc3OC)o2)c1. The second kappa shape index (κ2) is 9.17. The Bertz CT molecular complexity index is 1200. The first-order valence-electron chi connectivity index (χ1n) is 9.79. The van der Waals surface area contributed by atoms with Crippen LogP contribution in [0.3, 0.4) is 0 Å². The zero-order valence-corrected chi connectivity index (χ0v) is 17.3. The third-order valence-electron chi connectivity index (χ3n) is 4.89. The molecule has 0 radical (unpaired) electrons. The molecule has 0 spiro atoms. The minimum atomic E-state index is -0.220. The van der Waals surface area contributed by atoms with Gasteiger partial charge in [0.15, 0.2) is 5.76 Å². The first-order chi connectivity index (χ1) is 15.2. The zero-order chi connectivity index (χ0) is 21.6. The highest BCUT2D eigenvalue weighted by Crippen LogP contribution is 2.30. The Kier molecular flexibility index (Phi) is 5.98. The average Bonchev–Trinajstić information content (AvgIpc) is 3.33. The highest BCUT2D eigenvalue weighted by atomic mass is 16.5. The van der Waals surface area contributed by atoms with E-state index in [0.717, 1.165) is 22.6 Å². The van der Waals surface area contributed by atoms with Crippen LogP contribution in [0.2, 0.25) is 0 Å². The molecule has 1 heterocycles.